The number of carbonyl (C=O) groups excluding carboxylic acids is 3. The Morgan fingerprint density at radius 3 is 2.52 bits per heavy atom. The highest BCUT2D eigenvalue weighted by atomic mass is 16.5. The van der Waals surface area contributed by atoms with E-state index in [1.54, 1.807) is 23.1 Å². The van der Waals surface area contributed by atoms with Gasteiger partial charge in [-0.25, -0.2) is 0 Å². The Morgan fingerprint density at radius 2 is 1.85 bits per heavy atom. The van der Waals surface area contributed by atoms with E-state index in [0.29, 0.717) is 12.1 Å². The Morgan fingerprint density at radius 1 is 1.11 bits per heavy atom. The highest BCUT2D eigenvalue weighted by Gasteiger charge is 2.21. The average Bonchev–Trinajstić information content (AvgIpc) is 3.09. The lowest BCUT2D eigenvalue weighted by molar-refractivity contribution is -0.146. The van der Waals surface area contributed by atoms with Gasteiger partial charge in [0.05, 0.1) is 6.42 Å². The number of amides is 2. The van der Waals surface area contributed by atoms with Crippen LogP contribution in [0.4, 0.5) is 11.4 Å². The number of ether oxygens (including phenoxy) is 1. The molecule has 1 saturated heterocycles. The van der Waals surface area contributed by atoms with Crippen molar-refractivity contribution in [1.29, 1.82) is 0 Å². The zero-order chi connectivity index (χ0) is 19.2. The van der Waals surface area contributed by atoms with E-state index in [-0.39, 0.29) is 24.8 Å². The Hall–Kier alpha value is -3.15. The number of nitrogens with zero attached hydrogens (tertiary/aromatic N) is 1. The predicted octanol–water partition coefficient (Wildman–Crippen LogP) is 2.85. The lowest BCUT2D eigenvalue weighted by Crippen LogP contribution is -2.23. The summed E-state index contributed by atoms with van der Waals surface area (Å²) in [7, 11) is 0. The summed E-state index contributed by atoms with van der Waals surface area (Å²) in [5, 5.41) is 2.72. The molecule has 0 unspecified atom stereocenters. The summed E-state index contributed by atoms with van der Waals surface area (Å²) in [6.45, 7) is 2.30. The largest absolute Gasteiger partial charge is 0.455 e. The molecule has 0 atom stereocenters. The maximum atomic E-state index is 12.0. The summed E-state index contributed by atoms with van der Waals surface area (Å²) in [5.41, 5.74) is 3.25. The second-order valence-electron chi connectivity index (χ2n) is 6.52. The molecule has 0 radical (unpaired) electrons. The maximum Gasteiger partial charge on any atom is 0.310 e. The molecule has 140 valence electrons. The third kappa shape index (κ3) is 4.94. The van der Waals surface area contributed by atoms with Crippen LogP contribution in [-0.2, 0) is 25.5 Å². The van der Waals surface area contributed by atoms with E-state index in [1.807, 2.05) is 37.3 Å². The fraction of sp³-hybridized carbons (Fsp3) is 0.286. The third-order valence-corrected chi connectivity index (χ3v) is 4.45. The van der Waals surface area contributed by atoms with E-state index in [1.165, 1.54) is 0 Å². The fourth-order valence-corrected chi connectivity index (χ4v) is 2.98. The molecule has 0 bridgehead atoms. The molecule has 2 aromatic carbocycles. The minimum absolute atomic E-state index is 0.0753. The zero-order valence-corrected chi connectivity index (χ0v) is 15.2. The van der Waals surface area contributed by atoms with Crippen LogP contribution in [0.15, 0.2) is 48.5 Å². The van der Waals surface area contributed by atoms with Gasteiger partial charge in [-0.15, -0.1) is 0 Å². The lowest BCUT2D eigenvalue weighted by Gasteiger charge is -2.15. The molecule has 0 saturated carbocycles. The topological polar surface area (TPSA) is 75.7 Å². The average molecular weight is 366 g/mol. The molecule has 1 N–H and O–H groups in total. The first kappa shape index (κ1) is 18.6. The molecule has 1 heterocycles. The highest BCUT2D eigenvalue weighted by Crippen LogP contribution is 2.21. The van der Waals surface area contributed by atoms with Crippen LogP contribution in [0.2, 0.25) is 0 Å². The van der Waals surface area contributed by atoms with Gasteiger partial charge in [-0.2, -0.15) is 0 Å². The van der Waals surface area contributed by atoms with Gasteiger partial charge in [-0.1, -0.05) is 30.3 Å². The summed E-state index contributed by atoms with van der Waals surface area (Å²) in [5.74, 6) is -0.720. The van der Waals surface area contributed by atoms with Crippen LogP contribution >= 0.6 is 0 Å². The van der Waals surface area contributed by atoms with Crippen molar-refractivity contribution in [3.05, 3.63) is 59.7 Å². The number of benzene rings is 2. The van der Waals surface area contributed by atoms with Crippen LogP contribution < -0.4 is 10.2 Å². The van der Waals surface area contributed by atoms with Crippen molar-refractivity contribution in [2.45, 2.75) is 26.2 Å². The number of aryl methyl sites for hydroxylation is 1. The third-order valence-electron chi connectivity index (χ3n) is 4.45. The lowest BCUT2D eigenvalue weighted by atomic mass is 10.1. The van der Waals surface area contributed by atoms with Crippen molar-refractivity contribution >= 4 is 29.2 Å². The molecule has 2 amide bonds. The molecule has 6 heteroatoms. The molecule has 27 heavy (non-hydrogen) atoms. The van der Waals surface area contributed by atoms with Crippen LogP contribution in [0.5, 0.6) is 0 Å². The number of esters is 1. The van der Waals surface area contributed by atoms with E-state index in [2.05, 4.69) is 5.32 Å². The summed E-state index contributed by atoms with van der Waals surface area (Å²) >= 11 is 0. The second kappa shape index (κ2) is 8.49. The quantitative estimate of drug-likeness (QED) is 0.798. The van der Waals surface area contributed by atoms with E-state index in [0.717, 1.165) is 29.8 Å². The van der Waals surface area contributed by atoms with Crippen molar-refractivity contribution in [2.24, 2.45) is 0 Å². The molecule has 0 aromatic heterocycles. The van der Waals surface area contributed by atoms with Gasteiger partial charge >= 0.3 is 5.97 Å². The van der Waals surface area contributed by atoms with E-state index < -0.39 is 5.97 Å². The number of hydrogen-bond donors (Lipinski definition) is 1. The maximum absolute atomic E-state index is 12.0. The number of hydrogen-bond acceptors (Lipinski definition) is 4. The van der Waals surface area contributed by atoms with Gasteiger partial charge in [0.25, 0.3) is 5.91 Å². The minimum Gasteiger partial charge on any atom is -0.455 e. The van der Waals surface area contributed by atoms with E-state index in [4.69, 9.17) is 4.74 Å². The van der Waals surface area contributed by atoms with Gasteiger partial charge in [0, 0.05) is 24.3 Å². The monoisotopic (exact) mass is 366 g/mol. The SMILES string of the molecule is Cc1ccccc1NC(=O)COC(=O)Cc1ccc(N2CCCC2=O)cc1. The van der Waals surface area contributed by atoms with Crippen molar-refractivity contribution in [3.8, 4) is 0 Å². The van der Waals surface area contributed by atoms with Crippen LogP contribution in [-0.4, -0.2) is 30.9 Å². The smallest absolute Gasteiger partial charge is 0.310 e. The number of rotatable bonds is 6. The minimum atomic E-state index is -0.472. The van der Waals surface area contributed by atoms with Gasteiger partial charge in [0.2, 0.25) is 5.91 Å². The van der Waals surface area contributed by atoms with Crippen molar-refractivity contribution in [2.75, 3.05) is 23.4 Å². The van der Waals surface area contributed by atoms with Crippen molar-refractivity contribution in [3.63, 3.8) is 0 Å². The normalized spacial score (nSPS) is 13.5. The fourth-order valence-electron chi connectivity index (χ4n) is 2.98. The molecule has 1 aliphatic rings. The summed E-state index contributed by atoms with van der Waals surface area (Å²) < 4.78 is 5.05. The first-order valence-corrected chi connectivity index (χ1v) is 8.93. The van der Waals surface area contributed by atoms with Gasteiger partial charge in [-0.05, 0) is 42.7 Å². The molecule has 3 rings (SSSR count). The van der Waals surface area contributed by atoms with Crippen molar-refractivity contribution in [1.82, 2.24) is 0 Å². The van der Waals surface area contributed by atoms with Gasteiger partial charge in [-0.3, -0.25) is 14.4 Å². The summed E-state index contributed by atoms with van der Waals surface area (Å²) in [6, 6.07) is 14.7. The van der Waals surface area contributed by atoms with E-state index >= 15 is 0 Å². The van der Waals surface area contributed by atoms with E-state index in [9.17, 15) is 14.4 Å². The number of anilines is 2. The van der Waals surface area contributed by atoms with Crippen LogP contribution in [0, 0.1) is 6.92 Å². The first-order valence-electron chi connectivity index (χ1n) is 8.93. The van der Waals surface area contributed by atoms with Crippen molar-refractivity contribution < 1.29 is 19.1 Å². The zero-order valence-electron chi connectivity index (χ0n) is 15.2. The predicted molar refractivity (Wildman–Crippen MR) is 103 cm³/mol. The van der Waals surface area contributed by atoms with Gasteiger partial charge in [0.1, 0.15) is 0 Å². The number of nitrogens with one attached hydrogen (secondary N) is 1. The highest BCUT2D eigenvalue weighted by molar-refractivity contribution is 5.95. The van der Waals surface area contributed by atoms with Crippen LogP contribution in [0.3, 0.4) is 0 Å². The van der Waals surface area contributed by atoms with Gasteiger partial charge < -0.3 is 15.0 Å². The molecule has 1 aliphatic heterocycles. The number of carbonyl (C=O) groups is 3. The summed E-state index contributed by atoms with van der Waals surface area (Å²) in [4.78, 5) is 37.4. The second-order valence-corrected chi connectivity index (χ2v) is 6.52. The number of para-hydroxylation sites is 1. The molecule has 0 spiro atoms. The molecule has 2 aromatic rings. The Balaban J connectivity index is 1.47. The Bertz CT molecular complexity index is 846. The Kier molecular flexibility index (Phi) is 5.86. The standard InChI is InChI=1S/C21H22N2O4/c1-15-5-2-3-6-18(15)22-19(24)14-27-21(26)13-16-8-10-17(11-9-16)23-12-4-7-20(23)25/h2-3,5-6,8-11H,4,7,12-14H2,1H3,(H,22,24). The summed E-state index contributed by atoms with van der Waals surface area (Å²) in [6.07, 6.45) is 1.53. The molecule has 6 nitrogen and oxygen atoms in total. The molecular formula is C21H22N2O4. The van der Waals surface area contributed by atoms with Gasteiger partial charge in [0.15, 0.2) is 6.61 Å². The molecule has 0 aliphatic carbocycles. The molecular weight excluding hydrogens is 344 g/mol. The van der Waals surface area contributed by atoms with Crippen LogP contribution in [0.1, 0.15) is 24.0 Å². The Labute approximate surface area is 158 Å². The first-order chi connectivity index (χ1) is 13.0. The molecule has 1 fully saturated rings. The van der Waals surface area contributed by atoms with Crippen LogP contribution in [0.25, 0.3) is 0 Å².